The Balaban J connectivity index is 4.66. The highest BCUT2D eigenvalue weighted by Crippen LogP contribution is 2.05. The summed E-state index contributed by atoms with van der Waals surface area (Å²) in [6, 6.07) is 0. The van der Waals surface area contributed by atoms with Gasteiger partial charge in [0.2, 0.25) is 0 Å². The first-order chi connectivity index (χ1) is 5.65. The van der Waals surface area contributed by atoms with E-state index in [1.54, 1.807) is 7.05 Å². The van der Waals surface area contributed by atoms with Gasteiger partial charge in [0.05, 0.1) is 0 Å². The molecule has 0 bridgehead atoms. The minimum atomic E-state index is 0.770. The SMILES string of the molecule is C=C(NC)/C(C=N)=C\C(C)=C/C. The Morgan fingerprint density at radius 1 is 1.50 bits per heavy atom. The quantitative estimate of drug-likeness (QED) is 0.485. The lowest BCUT2D eigenvalue weighted by Gasteiger charge is -2.04. The van der Waals surface area contributed by atoms with Gasteiger partial charge in [-0.3, -0.25) is 0 Å². The van der Waals surface area contributed by atoms with Gasteiger partial charge in [-0.25, -0.2) is 0 Å². The van der Waals surface area contributed by atoms with Gasteiger partial charge in [0.25, 0.3) is 0 Å². The molecule has 0 aromatic heterocycles. The molecule has 0 aromatic rings. The maximum atomic E-state index is 7.14. The van der Waals surface area contributed by atoms with Crippen LogP contribution in [0.3, 0.4) is 0 Å². The van der Waals surface area contributed by atoms with Gasteiger partial charge in [0.1, 0.15) is 0 Å². The van der Waals surface area contributed by atoms with Crippen LogP contribution in [0.1, 0.15) is 13.8 Å². The van der Waals surface area contributed by atoms with E-state index in [4.69, 9.17) is 5.41 Å². The zero-order chi connectivity index (χ0) is 9.56. The van der Waals surface area contributed by atoms with Gasteiger partial charge >= 0.3 is 0 Å². The van der Waals surface area contributed by atoms with E-state index >= 15 is 0 Å². The van der Waals surface area contributed by atoms with Crippen LogP contribution in [0.25, 0.3) is 0 Å². The van der Waals surface area contributed by atoms with Crippen molar-refractivity contribution in [3.63, 3.8) is 0 Å². The number of likely N-dealkylation sites (N-methyl/N-ethyl adjacent to an activating group) is 1. The third kappa shape index (κ3) is 3.19. The summed E-state index contributed by atoms with van der Waals surface area (Å²) in [5.74, 6) is 0. The van der Waals surface area contributed by atoms with Crippen LogP contribution in [0.2, 0.25) is 0 Å². The van der Waals surface area contributed by atoms with Crippen LogP contribution >= 0.6 is 0 Å². The molecule has 0 aromatic carbocycles. The fraction of sp³-hybridized carbons (Fsp3) is 0.300. The first-order valence-corrected chi connectivity index (χ1v) is 3.87. The first kappa shape index (κ1) is 10.7. The number of allylic oxidation sites excluding steroid dienone is 4. The summed E-state index contributed by atoms with van der Waals surface area (Å²) in [6.07, 6.45) is 5.21. The second-order valence-corrected chi connectivity index (χ2v) is 2.51. The van der Waals surface area contributed by atoms with Crippen molar-refractivity contribution in [1.29, 1.82) is 5.41 Å². The molecule has 0 aliphatic carbocycles. The van der Waals surface area contributed by atoms with E-state index in [0.29, 0.717) is 0 Å². The molecule has 0 atom stereocenters. The van der Waals surface area contributed by atoms with Crippen molar-refractivity contribution in [3.8, 4) is 0 Å². The maximum Gasteiger partial charge on any atom is 0.0353 e. The summed E-state index contributed by atoms with van der Waals surface area (Å²) in [6.45, 7) is 7.73. The number of hydrogen-bond acceptors (Lipinski definition) is 2. The summed E-state index contributed by atoms with van der Waals surface area (Å²) < 4.78 is 0. The highest BCUT2D eigenvalue weighted by Gasteiger charge is 1.95. The fourth-order valence-electron chi connectivity index (χ4n) is 0.689. The van der Waals surface area contributed by atoms with E-state index in [0.717, 1.165) is 16.8 Å². The molecule has 0 spiro atoms. The summed E-state index contributed by atoms with van der Waals surface area (Å²) >= 11 is 0. The van der Waals surface area contributed by atoms with Crippen LogP contribution in [-0.2, 0) is 0 Å². The largest absolute Gasteiger partial charge is 0.388 e. The zero-order valence-corrected chi connectivity index (χ0v) is 7.94. The molecule has 0 saturated carbocycles. The normalized spacial score (nSPS) is 12.6. The van der Waals surface area contributed by atoms with Crippen molar-refractivity contribution in [3.05, 3.63) is 35.6 Å². The lowest BCUT2D eigenvalue weighted by molar-refractivity contribution is 1.03. The highest BCUT2D eigenvalue weighted by molar-refractivity contribution is 5.82. The fourth-order valence-corrected chi connectivity index (χ4v) is 0.689. The van der Waals surface area contributed by atoms with E-state index in [9.17, 15) is 0 Å². The van der Waals surface area contributed by atoms with E-state index in [1.807, 2.05) is 26.0 Å². The molecular formula is C10H16N2. The Hall–Kier alpha value is -1.31. The number of rotatable bonds is 4. The van der Waals surface area contributed by atoms with E-state index in [2.05, 4.69) is 11.9 Å². The summed E-state index contributed by atoms with van der Waals surface area (Å²) in [5, 5.41) is 10.0. The standard InChI is InChI=1S/C10H16N2/c1-5-8(2)6-10(7-11)9(3)12-4/h5-7,11-12H,3H2,1-2,4H3/b8-5-,10-6-,11-7?. The molecule has 2 nitrogen and oxygen atoms in total. The molecule has 0 fully saturated rings. The van der Waals surface area contributed by atoms with Crippen molar-refractivity contribution in [2.45, 2.75) is 13.8 Å². The highest BCUT2D eigenvalue weighted by atomic mass is 14.8. The third-order valence-electron chi connectivity index (χ3n) is 1.64. The van der Waals surface area contributed by atoms with Crippen LogP contribution in [0, 0.1) is 5.41 Å². The second-order valence-electron chi connectivity index (χ2n) is 2.51. The number of hydrogen-bond donors (Lipinski definition) is 2. The van der Waals surface area contributed by atoms with Crippen LogP contribution in [0.4, 0.5) is 0 Å². The second kappa shape index (κ2) is 5.35. The molecule has 12 heavy (non-hydrogen) atoms. The van der Waals surface area contributed by atoms with Crippen LogP contribution in [0.15, 0.2) is 35.6 Å². The van der Waals surface area contributed by atoms with Crippen LogP contribution in [-0.4, -0.2) is 13.3 Å². The Labute approximate surface area is 74.2 Å². The lowest BCUT2D eigenvalue weighted by Crippen LogP contribution is -2.07. The lowest BCUT2D eigenvalue weighted by atomic mass is 10.1. The maximum absolute atomic E-state index is 7.14. The average molecular weight is 164 g/mol. The summed E-state index contributed by atoms with van der Waals surface area (Å²) in [5.41, 5.74) is 2.71. The van der Waals surface area contributed by atoms with Gasteiger partial charge in [0.15, 0.2) is 0 Å². The van der Waals surface area contributed by atoms with Crippen molar-refractivity contribution >= 4 is 6.21 Å². The van der Waals surface area contributed by atoms with Crippen molar-refractivity contribution < 1.29 is 0 Å². The molecule has 0 saturated heterocycles. The minimum absolute atomic E-state index is 0.770. The Kier molecular flexibility index (Phi) is 4.77. The Morgan fingerprint density at radius 3 is 2.42 bits per heavy atom. The smallest absolute Gasteiger partial charge is 0.0353 e. The monoisotopic (exact) mass is 164 g/mol. The molecule has 0 heterocycles. The topological polar surface area (TPSA) is 35.9 Å². The predicted molar refractivity (Wildman–Crippen MR) is 54.5 cm³/mol. The van der Waals surface area contributed by atoms with E-state index in [1.165, 1.54) is 6.21 Å². The van der Waals surface area contributed by atoms with Gasteiger partial charge in [-0.15, -0.1) is 0 Å². The molecule has 66 valence electrons. The molecule has 2 heteroatoms. The molecule has 0 radical (unpaired) electrons. The molecule has 0 aliphatic rings. The van der Waals surface area contributed by atoms with Gasteiger partial charge in [-0.1, -0.05) is 18.2 Å². The molecule has 0 rings (SSSR count). The zero-order valence-electron chi connectivity index (χ0n) is 7.94. The van der Waals surface area contributed by atoms with Crippen molar-refractivity contribution in [2.75, 3.05) is 7.05 Å². The van der Waals surface area contributed by atoms with Gasteiger partial charge in [0, 0.05) is 24.5 Å². The van der Waals surface area contributed by atoms with Crippen LogP contribution in [0.5, 0.6) is 0 Å². The summed E-state index contributed by atoms with van der Waals surface area (Å²) in [4.78, 5) is 0. The predicted octanol–water partition coefficient (Wildman–Crippen LogP) is 2.26. The van der Waals surface area contributed by atoms with Crippen molar-refractivity contribution in [1.82, 2.24) is 5.32 Å². The van der Waals surface area contributed by atoms with E-state index in [-0.39, 0.29) is 0 Å². The minimum Gasteiger partial charge on any atom is -0.388 e. The molecular weight excluding hydrogens is 148 g/mol. The third-order valence-corrected chi connectivity index (χ3v) is 1.64. The van der Waals surface area contributed by atoms with Gasteiger partial charge in [-0.05, 0) is 19.9 Å². The molecule has 0 amide bonds. The Bertz CT molecular complexity index is 234. The van der Waals surface area contributed by atoms with Gasteiger partial charge < -0.3 is 10.7 Å². The molecule has 0 aliphatic heterocycles. The Morgan fingerprint density at radius 2 is 2.08 bits per heavy atom. The van der Waals surface area contributed by atoms with Crippen LogP contribution < -0.4 is 5.32 Å². The average Bonchev–Trinajstić information content (AvgIpc) is 2.12. The van der Waals surface area contributed by atoms with Crippen molar-refractivity contribution in [2.24, 2.45) is 0 Å². The molecule has 0 unspecified atom stereocenters. The van der Waals surface area contributed by atoms with E-state index < -0.39 is 0 Å². The first-order valence-electron chi connectivity index (χ1n) is 3.87. The van der Waals surface area contributed by atoms with Gasteiger partial charge in [-0.2, -0.15) is 0 Å². The number of nitrogens with one attached hydrogen (secondary N) is 2. The summed E-state index contributed by atoms with van der Waals surface area (Å²) in [7, 11) is 1.80. The molecule has 2 N–H and O–H groups in total.